The fourth-order valence-electron chi connectivity index (χ4n) is 3.05. The fourth-order valence-corrected chi connectivity index (χ4v) is 3.05. The summed E-state index contributed by atoms with van der Waals surface area (Å²) in [5.41, 5.74) is 4.37. The molecular weight excluding hydrogens is 467 g/mol. The van der Waals surface area contributed by atoms with E-state index in [4.69, 9.17) is 24.7 Å². The predicted octanol–water partition coefficient (Wildman–Crippen LogP) is 5.33. The van der Waals surface area contributed by atoms with Gasteiger partial charge in [-0.1, -0.05) is 0 Å². The van der Waals surface area contributed by atoms with Crippen molar-refractivity contribution in [2.75, 3.05) is 26.0 Å². The summed E-state index contributed by atoms with van der Waals surface area (Å²) in [5, 5.41) is 2.98. The van der Waals surface area contributed by atoms with Crippen molar-refractivity contribution in [1.29, 1.82) is 0 Å². The molecule has 3 rings (SSSR count). The number of nitrogens with two attached hydrogens (primary N) is 1. The Morgan fingerprint density at radius 1 is 1.09 bits per heavy atom. The Morgan fingerprint density at radius 3 is 2.51 bits per heavy atom. The molecule has 0 fully saturated rings. The molecule has 8 nitrogen and oxygen atoms in total. The number of halogens is 3. The van der Waals surface area contributed by atoms with Crippen molar-refractivity contribution in [3.05, 3.63) is 47.9 Å². The number of hydrogen-bond donors (Lipinski definition) is 2. The molecule has 1 aromatic heterocycles. The summed E-state index contributed by atoms with van der Waals surface area (Å²) >= 11 is 0. The molecule has 0 bridgehead atoms. The fraction of sp³-hybridized carbons (Fsp3) is 0.333. The summed E-state index contributed by atoms with van der Waals surface area (Å²) in [6.07, 6.45) is 1.33. The van der Waals surface area contributed by atoms with Crippen LogP contribution in [-0.4, -0.2) is 36.9 Å². The number of anilines is 1. The van der Waals surface area contributed by atoms with Crippen LogP contribution < -0.4 is 25.3 Å². The number of rotatable bonds is 8. The highest BCUT2D eigenvalue weighted by Crippen LogP contribution is 2.39. The number of ether oxygens (including phenoxy) is 4. The summed E-state index contributed by atoms with van der Waals surface area (Å²) in [6.45, 7) is 5.89. The molecule has 3 N–H and O–H groups in total. The van der Waals surface area contributed by atoms with E-state index in [1.807, 2.05) is 0 Å². The number of benzene rings is 2. The molecule has 188 valence electrons. The molecule has 0 saturated heterocycles. The Balaban J connectivity index is 1.75. The first-order valence-corrected chi connectivity index (χ1v) is 10.7. The van der Waals surface area contributed by atoms with Crippen LogP contribution in [0, 0.1) is 17.5 Å². The van der Waals surface area contributed by atoms with Crippen LogP contribution in [0.3, 0.4) is 0 Å². The Hall–Kier alpha value is -3.89. The predicted molar refractivity (Wildman–Crippen MR) is 123 cm³/mol. The Kier molecular flexibility index (Phi) is 7.78. The highest BCUT2D eigenvalue weighted by atomic mass is 19.2. The van der Waals surface area contributed by atoms with Crippen molar-refractivity contribution in [3.63, 3.8) is 0 Å². The van der Waals surface area contributed by atoms with Crippen LogP contribution in [0.1, 0.15) is 27.2 Å². The molecule has 0 aliphatic rings. The van der Waals surface area contributed by atoms with Gasteiger partial charge in [-0.15, -0.1) is 0 Å². The van der Waals surface area contributed by atoms with Crippen molar-refractivity contribution in [2.24, 2.45) is 0 Å². The van der Waals surface area contributed by atoms with Gasteiger partial charge in [-0.05, 0) is 39.3 Å². The molecule has 2 aromatic carbocycles. The summed E-state index contributed by atoms with van der Waals surface area (Å²) in [4.78, 5) is 15.9. The molecule has 3 aromatic rings. The van der Waals surface area contributed by atoms with E-state index in [2.05, 4.69) is 10.3 Å². The minimum absolute atomic E-state index is 0.0170. The Labute approximate surface area is 200 Å². The van der Waals surface area contributed by atoms with Crippen molar-refractivity contribution in [3.8, 4) is 23.0 Å². The molecule has 0 aliphatic heterocycles. The number of nitrogens with one attached hydrogen (secondary N) is 1. The third-order valence-corrected chi connectivity index (χ3v) is 4.59. The first-order valence-electron chi connectivity index (χ1n) is 10.7. The van der Waals surface area contributed by atoms with E-state index in [-0.39, 0.29) is 12.4 Å². The second-order valence-electron chi connectivity index (χ2n) is 8.47. The maximum atomic E-state index is 14.2. The molecule has 0 atom stereocenters. The van der Waals surface area contributed by atoms with Crippen LogP contribution in [0.15, 0.2) is 30.5 Å². The molecule has 0 aliphatic carbocycles. The number of hydrogen-bond acceptors (Lipinski definition) is 7. The maximum Gasteiger partial charge on any atom is 0.407 e. The number of nitrogens with zero attached hydrogens (tertiary/aromatic N) is 1. The third-order valence-electron chi connectivity index (χ3n) is 4.59. The number of amides is 1. The van der Waals surface area contributed by atoms with Crippen LogP contribution >= 0.6 is 0 Å². The number of pyridine rings is 1. The minimum atomic E-state index is -1.54. The first kappa shape index (κ1) is 25.7. The topological polar surface area (TPSA) is 105 Å². The van der Waals surface area contributed by atoms with Crippen molar-refractivity contribution >= 4 is 22.7 Å². The highest BCUT2D eigenvalue weighted by Gasteiger charge is 2.21. The lowest BCUT2D eigenvalue weighted by Gasteiger charge is -2.19. The van der Waals surface area contributed by atoms with E-state index >= 15 is 0 Å². The van der Waals surface area contributed by atoms with Gasteiger partial charge in [-0.3, -0.25) is 4.98 Å². The average molecular weight is 493 g/mol. The molecular formula is C24H26F3N3O5. The molecule has 1 amide bonds. The van der Waals surface area contributed by atoms with Gasteiger partial charge in [0.1, 0.15) is 11.4 Å². The minimum Gasteiger partial charge on any atom is -0.493 e. The van der Waals surface area contributed by atoms with E-state index in [0.29, 0.717) is 41.4 Å². The van der Waals surface area contributed by atoms with Crippen molar-refractivity contribution in [2.45, 2.75) is 32.8 Å². The number of fused-ring (bicyclic) bond motifs is 1. The summed E-state index contributed by atoms with van der Waals surface area (Å²) in [5.74, 6) is -4.35. The zero-order valence-electron chi connectivity index (χ0n) is 19.7. The van der Waals surface area contributed by atoms with Gasteiger partial charge < -0.3 is 30.0 Å². The van der Waals surface area contributed by atoms with Crippen molar-refractivity contribution in [1.82, 2.24) is 10.3 Å². The van der Waals surface area contributed by atoms with Crippen LogP contribution in [0.2, 0.25) is 0 Å². The van der Waals surface area contributed by atoms with Gasteiger partial charge in [0, 0.05) is 30.3 Å². The molecule has 35 heavy (non-hydrogen) atoms. The second kappa shape index (κ2) is 10.6. The van der Waals surface area contributed by atoms with Crippen LogP contribution in [0.25, 0.3) is 10.9 Å². The lowest BCUT2D eigenvalue weighted by Crippen LogP contribution is -2.33. The molecule has 11 heteroatoms. The van der Waals surface area contributed by atoms with E-state index in [1.165, 1.54) is 25.4 Å². The lowest BCUT2D eigenvalue weighted by molar-refractivity contribution is 0.0525. The van der Waals surface area contributed by atoms with E-state index in [9.17, 15) is 18.0 Å². The summed E-state index contributed by atoms with van der Waals surface area (Å²) in [6, 6.07) is 5.10. The van der Waals surface area contributed by atoms with Gasteiger partial charge in [0.2, 0.25) is 11.6 Å². The van der Waals surface area contributed by atoms with Crippen LogP contribution in [0.5, 0.6) is 23.0 Å². The lowest BCUT2D eigenvalue weighted by atomic mass is 10.1. The van der Waals surface area contributed by atoms with E-state index < -0.39 is 40.6 Å². The summed E-state index contributed by atoms with van der Waals surface area (Å²) < 4.78 is 63.9. The maximum absolute atomic E-state index is 14.2. The van der Waals surface area contributed by atoms with Gasteiger partial charge >= 0.3 is 6.09 Å². The van der Waals surface area contributed by atoms with Gasteiger partial charge in [-0.2, -0.15) is 4.39 Å². The quantitative estimate of drug-likeness (QED) is 0.248. The molecule has 0 unspecified atom stereocenters. The second-order valence-corrected chi connectivity index (χ2v) is 8.47. The van der Waals surface area contributed by atoms with Crippen LogP contribution in [-0.2, 0) is 4.74 Å². The van der Waals surface area contributed by atoms with Gasteiger partial charge in [0.05, 0.1) is 24.9 Å². The Morgan fingerprint density at radius 2 is 1.83 bits per heavy atom. The molecule has 0 spiro atoms. The van der Waals surface area contributed by atoms with Crippen molar-refractivity contribution < 1.29 is 36.9 Å². The third kappa shape index (κ3) is 6.37. The van der Waals surface area contributed by atoms with Gasteiger partial charge in [0.15, 0.2) is 23.1 Å². The summed E-state index contributed by atoms with van der Waals surface area (Å²) in [7, 11) is 1.42. The SMILES string of the molecule is COc1cc2c(Oc3c(F)cc(N)c(F)c3F)ccnc2cc1OCCCNC(=O)OC(C)(C)C. The molecule has 1 heterocycles. The molecule has 0 saturated carbocycles. The average Bonchev–Trinajstić information content (AvgIpc) is 2.78. The number of aromatic nitrogens is 1. The van der Waals surface area contributed by atoms with E-state index in [1.54, 1.807) is 26.8 Å². The molecule has 0 radical (unpaired) electrons. The normalized spacial score (nSPS) is 11.3. The number of nitrogen functional groups attached to an aromatic ring is 1. The largest absolute Gasteiger partial charge is 0.493 e. The Bertz CT molecular complexity index is 1230. The van der Waals surface area contributed by atoms with E-state index in [0.717, 1.165) is 0 Å². The zero-order chi connectivity index (χ0) is 25.8. The van der Waals surface area contributed by atoms with Crippen LogP contribution in [0.4, 0.5) is 23.7 Å². The first-order chi connectivity index (χ1) is 16.5. The smallest absolute Gasteiger partial charge is 0.407 e. The number of carbonyl (C=O) groups excluding carboxylic acids is 1. The standard InChI is InChI=1S/C24H26F3N3O5/c1-24(2,3)35-23(31)30-7-5-9-33-19-12-16-13(10-18(19)32-4)17(6-8-29-16)34-22-14(25)11-15(28)20(26)21(22)27/h6,8,10-12H,5,7,9,28H2,1-4H3,(H,30,31). The highest BCUT2D eigenvalue weighted by molar-refractivity contribution is 5.88. The van der Waals surface area contributed by atoms with Gasteiger partial charge in [-0.25, -0.2) is 13.6 Å². The monoisotopic (exact) mass is 493 g/mol. The number of carbonyl (C=O) groups is 1. The van der Waals surface area contributed by atoms with Gasteiger partial charge in [0.25, 0.3) is 0 Å². The number of methoxy groups -OCH3 is 1. The number of alkyl carbamates (subject to hydrolysis) is 1. The zero-order valence-corrected chi connectivity index (χ0v) is 19.7.